The van der Waals surface area contributed by atoms with Crippen molar-refractivity contribution in [1.82, 2.24) is 0 Å². The predicted octanol–water partition coefficient (Wildman–Crippen LogP) is 2.99. The first-order chi connectivity index (χ1) is 7.54. The summed E-state index contributed by atoms with van der Waals surface area (Å²) >= 11 is 4.14. The molecule has 16 heavy (non-hydrogen) atoms. The molecule has 88 valence electrons. The van der Waals surface area contributed by atoms with Crippen LogP contribution in [0.2, 0.25) is 0 Å². The minimum absolute atomic E-state index is 0.174. The molecule has 0 bridgehead atoms. The third-order valence-corrected chi connectivity index (χ3v) is 3.99. The maximum atomic E-state index is 13.2. The fourth-order valence-electron chi connectivity index (χ4n) is 0.947. The van der Waals surface area contributed by atoms with Crippen LogP contribution in [0.3, 0.4) is 0 Å². The van der Waals surface area contributed by atoms with Crippen molar-refractivity contribution in [3.8, 4) is 0 Å². The molecule has 0 amide bonds. The number of rotatable bonds is 4. The first-order valence-electron chi connectivity index (χ1n) is 4.34. The summed E-state index contributed by atoms with van der Waals surface area (Å²) in [4.78, 5) is 10.7. The Morgan fingerprint density at radius 1 is 1.56 bits per heavy atom. The lowest BCUT2D eigenvalue weighted by Crippen LogP contribution is -2.17. The quantitative estimate of drug-likeness (QED) is 0.486. The smallest absolute Gasteiger partial charge is 0.320 e. The maximum Gasteiger partial charge on any atom is 0.320 e. The van der Waals surface area contributed by atoms with Gasteiger partial charge in [-0.1, -0.05) is 15.9 Å². The van der Waals surface area contributed by atoms with Gasteiger partial charge in [-0.3, -0.25) is 4.79 Å². The van der Waals surface area contributed by atoms with Crippen molar-refractivity contribution in [2.75, 3.05) is 12.9 Å². The van der Waals surface area contributed by atoms with E-state index in [4.69, 9.17) is 0 Å². The van der Waals surface area contributed by atoms with Gasteiger partial charge in [0.25, 0.3) is 0 Å². The molecule has 0 aromatic heterocycles. The molecule has 0 N–H and O–H groups in total. The van der Waals surface area contributed by atoms with Crippen LogP contribution in [0.1, 0.15) is 0 Å². The van der Waals surface area contributed by atoms with Crippen LogP contribution in [0, 0.1) is 11.6 Å². The van der Waals surface area contributed by atoms with E-state index in [1.807, 2.05) is 0 Å². The molecule has 1 unspecified atom stereocenters. The summed E-state index contributed by atoms with van der Waals surface area (Å²) in [7, 11) is 1.27. The molecule has 0 fully saturated rings. The zero-order chi connectivity index (χ0) is 12.1. The second-order valence-corrected chi connectivity index (χ2v) is 5.04. The minimum Gasteiger partial charge on any atom is -0.468 e. The predicted molar refractivity (Wildman–Crippen MR) is 61.8 cm³/mol. The average Bonchev–Trinajstić information content (AvgIpc) is 2.28. The third kappa shape index (κ3) is 3.75. The van der Waals surface area contributed by atoms with Crippen molar-refractivity contribution in [1.29, 1.82) is 0 Å². The van der Waals surface area contributed by atoms with Crippen molar-refractivity contribution < 1.29 is 18.3 Å². The van der Waals surface area contributed by atoms with E-state index in [1.54, 1.807) is 0 Å². The van der Waals surface area contributed by atoms with Gasteiger partial charge in [-0.05, 0) is 18.2 Å². The highest BCUT2D eigenvalue weighted by atomic mass is 79.9. The summed E-state index contributed by atoms with van der Waals surface area (Å²) in [6.45, 7) is 0. The Bertz CT molecular complexity index is 387. The van der Waals surface area contributed by atoms with Crippen LogP contribution >= 0.6 is 27.7 Å². The van der Waals surface area contributed by atoms with Crippen LogP contribution in [0.5, 0.6) is 0 Å². The SMILES string of the molecule is COC(=O)C(Br)CSc1cc(F)ccc1F. The number of esters is 1. The lowest BCUT2D eigenvalue weighted by atomic mass is 10.3. The molecule has 0 aliphatic carbocycles. The van der Waals surface area contributed by atoms with Crippen molar-refractivity contribution in [3.63, 3.8) is 0 Å². The number of alkyl halides is 1. The number of hydrogen-bond donors (Lipinski definition) is 0. The van der Waals surface area contributed by atoms with Gasteiger partial charge in [0.2, 0.25) is 0 Å². The third-order valence-electron chi connectivity index (χ3n) is 1.74. The van der Waals surface area contributed by atoms with Gasteiger partial charge in [0.1, 0.15) is 16.5 Å². The number of thioether (sulfide) groups is 1. The fourth-order valence-corrected chi connectivity index (χ4v) is 2.39. The number of carbonyl (C=O) groups excluding carboxylic acids is 1. The highest BCUT2D eigenvalue weighted by Gasteiger charge is 2.16. The van der Waals surface area contributed by atoms with Crippen LogP contribution < -0.4 is 0 Å². The number of halogens is 3. The van der Waals surface area contributed by atoms with Crippen LogP contribution in [0.25, 0.3) is 0 Å². The zero-order valence-corrected chi connectivity index (χ0v) is 10.8. The van der Waals surface area contributed by atoms with Gasteiger partial charge in [0, 0.05) is 10.6 Å². The van der Waals surface area contributed by atoms with Crippen molar-refractivity contribution in [3.05, 3.63) is 29.8 Å². The van der Waals surface area contributed by atoms with Crippen LogP contribution in [0.4, 0.5) is 8.78 Å². The van der Waals surface area contributed by atoms with Gasteiger partial charge in [0.15, 0.2) is 0 Å². The molecule has 0 aliphatic rings. The number of methoxy groups -OCH3 is 1. The molecule has 0 heterocycles. The molecule has 1 rings (SSSR count). The topological polar surface area (TPSA) is 26.3 Å². The molecule has 0 saturated carbocycles. The summed E-state index contributed by atoms with van der Waals surface area (Å²) in [6.07, 6.45) is 0. The summed E-state index contributed by atoms with van der Waals surface area (Å²) in [5.41, 5.74) is 0. The van der Waals surface area contributed by atoms with Gasteiger partial charge in [0.05, 0.1) is 7.11 Å². The summed E-state index contributed by atoms with van der Waals surface area (Å²) in [5.74, 6) is -1.18. The molecule has 0 spiro atoms. The van der Waals surface area contributed by atoms with E-state index >= 15 is 0 Å². The molecular weight excluding hydrogens is 302 g/mol. The second-order valence-electron chi connectivity index (χ2n) is 2.88. The zero-order valence-electron chi connectivity index (χ0n) is 8.38. The molecule has 1 aromatic carbocycles. The molecule has 1 aromatic rings. The molecule has 0 aliphatic heterocycles. The Balaban J connectivity index is 2.60. The van der Waals surface area contributed by atoms with Gasteiger partial charge >= 0.3 is 5.97 Å². The molecule has 1 atom stereocenters. The van der Waals surface area contributed by atoms with Gasteiger partial charge in [-0.2, -0.15) is 0 Å². The Kier molecular flexibility index (Phi) is 5.21. The van der Waals surface area contributed by atoms with Crippen molar-refractivity contribution in [2.24, 2.45) is 0 Å². The summed E-state index contributed by atoms with van der Waals surface area (Å²) in [5, 5.41) is 0. The largest absolute Gasteiger partial charge is 0.468 e. The van der Waals surface area contributed by atoms with E-state index in [-0.39, 0.29) is 10.6 Å². The van der Waals surface area contributed by atoms with E-state index in [2.05, 4.69) is 20.7 Å². The summed E-state index contributed by atoms with van der Waals surface area (Å²) < 4.78 is 30.5. The Morgan fingerprint density at radius 3 is 2.88 bits per heavy atom. The van der Waals surface area contributed by atoms with E-state index in [0.29, 0.717) is 0 Å². The van der Waals surface area contributed by atoms with Crippen molar-refractivity contribution in [2.45, 2.75) is 9.72 Å². The first kappa shape index (κ1) is 13.4. The van der Waals surface area contributed by atoms with E-state index in [1.165, 1.54) is 7.11 Å². The standard InChI is InChI=1S/C10H9BrF2O2S/c1-15-10(14)7(11)5-16-9-4-6(12)2-3-8(9)13/h2-4,7H,5H2,1H3. The van der Waals surface area contributed by atoms with E-state index in [9.17, 15) is 13.6 Å². The monoisotopic (exact) mass is 310 g/mol. The van der Waals surface area contributed by atoms with Gasteiger partial charge < -0.3 is 4.74 Å². The lowest BCUT2D eigenvalue weighted by Gasteiger charge is -2.07. The Labute approximate surface area is 104 Å². The first-order valence-corrected chi connectivity index (χ1v) is 6.24. The Morgan fingerprint density at radius 2 is 2.25 bits per heavy atom. The lowest BCUT2D eigenvalue weighted by molar-refractivity contribution is -0.139. The minimum atomic E-state index is -0.537. The number of benzene rings is 1. The van der Waals surface area contributed by atoms with Crippen molar-refractivity contribution >= 4 is 33.7 Å². The molecule has 0 saturated heterocycles. The second kappa shape index (κ2) is 6.20. The van der Waals surface area contributed by atoms with E-state index in [0.717, 1.165) is 30.0 Å². The van der Waals surface area contributed by atoms with Crippen LogP contribution in [-0.4, -0.2) is 23.7 Å². The van der Waals surface area contributed by atoms with Crippen LogP contribution in [0.15, 0.2) is 23.1 Å². The number of carbonyl (C=O) groups is 1. The number of ether oxygens (including phenoxy) is 1. The molecule has 2 nitrogen and oxygen atoms in total. The van der Waals surface area contributed by atoms with Gasteiger partial charge in [-0.15, -0.1) is 11.8 Å². The van der Waals surface area contributed by atoms with Gasteiger partial charge in [-0.25, -0.2) is 8.78 Å². The number of hydrogen-bond acceptors (Lipinski definition) is 3. The highest BCUT2D eigenvalue weighted by molar-refractivity contribution is 9.10. The Hall–Kier alpha value is -0.620. The highest BCUT2D eigenvalue weighted by Crippen LogP contribution is 2.25. The molecular formula is C10H9BrF2O2S. The normalized spacial score (nSPS) is 12.2. The average molecular weight is 311 g/mol. The molecule has 6 heteroatoms. The van der Waals surface area contributed by atoms with Crippen LogP contribution in [-0.2, 0) is 9.53 Å². The molecule has 0 radical (unpaired) electrons. The maximum absolute atomic E-state index is 13.2. The van der Waals surface area contributed by atoms with E-state index < -0.39 is 22.4 Å². The fraction of sp³-hybridized carbons (Fsp3) is 0.300. The summed E-state index contributed by atoms with van der Waals surface area (Å²) in [6, 6.07) is 3.20.